The highest BCUT2D eigenvalue weighted by Crippen LogP contribution is 2.51. The number of hydrogen-bond donors (Lipinski definition) is 0. The lowest BCUT2D eigenvalue weighted by Gasteiger charge is -2.08. The van der Waals surface area contributed by atoms with Gasteiger partial charge in [-0.05, 0) is 209 Å². The van der Waals surface area contributed by atoms with Crippen molar-refractivity contribution < 1.29 is 13.3 Å². The van der Waals surface area contributed by atoms with Gasteiger partial charge in [-0.1, -0.05) is 290 Å². The summed E-state index contributed by atoms with van der Waals surface area (Å²) in [5, 5.41) is 33.9. The van der Waals surface area contributed by atoms with Crippen molar-refractivity contribution in [2.24, 2.45) is 0 Å². The summed E-state index contributed by atoms with van der Waals surface area (Å²) in [4.78, 5) is 0. The molecule has 12 heteroatoms. The van der Waals surface area contributed by atoms with Crippen molar-refractivity contribution in [2.75, 3.05) is 0 Å². The molecular formula is C100H56Br6O3S3. The van der Waals surface area contributed by atoms with Crippen LogP contribution in [-0.4, -0.2) is 0 Å². The lowest BCUT2D eigenvalue weighted by molar-refractivity contribution is 0.666. The lowest BCUT2D eigenvalue weighted by Crippen LogP contribution is -1.80. The number of rotatable bonds is 0. The molecule has 6 heterocycles. The van der Waals surface area contributed by atoms with E-state index in [0.717, 1.165) is 62.2 Å². The Balaban J connectivity index is 0.0000000891. The Morgan fingerprint density at radius 3 is 1.15 bits per heavy atom. The third-order valence-corrected chi connectivity index (χ3v) is 28.5. The van der Waals surface area contributed by atoms with Crippen LogP contribution in [0.15, 0.2) is 380 Å². The van der Waals surface area contributed by atoms with E-state index in [9.17, 15) is 0 Å². The Morgan fingerprint density at radius 1 is 0.179 bits per heavy atom. The lowest BCUT2D eigenvalue weighted by atomic mass is 9.95. The largest absolute Gasteiger partial charge is 0.456 e. The Labute approximate surface area is 703 Å². The molecule has 6 aromatic heterocycles. The molecule has 25 aromatic rings. The number of benzene rings is 19. The van der Waals surface area contributed by atoms with Gasteiger partial charge in [0, 0.05) is 117 Å². The summed E-state index contributed by atoms with van der Waals surface area (Å²) >= 11 is 27.3. The summed E-state index contributed by atoms with van der Waals surface area (Å²) in [5.41, 5.74) is 5.62. The van der Waals surface area contributed by atoms with Gasteiger partial charge < -0.3 is 13.3 Å². The molecule has 19 aromatic carbocycles. The van der Waals surface area contributed by atoms with Gasteiger partial charge in [0.1, 0.15) is 33.5 Å². The fourth-order valence-electron chi connectivity index (χ4n) is 16.0. The summed E-state index contributed by atoms with van der Waals surface area (Å²) in [6, 6.07) is 119. The van der Waals surface area contributed by atoms with Crippen LogP contribution in [0.25, 0.3) is 202 Å². The minimum Gasteiger partial charge on any atom is -0.456 e. The van der Waals surface area contributed by atoms with E-state index in [2.05, 4.69) is 344 Å². The van der Waals surface area contributed by atoms with Crippen LogP contribution >= 0.6 is 130 Å². The van der Waals surface area contributed by atoms with Crippen molar-refractivity contribution in [1.82, 2.24) is 0 Å². The second kappa shape index (κ2) is 29.8. The normalized spacial score (nSPS) is 11.7. The first kappa shape index (κ1) is 71.0. The van der Waals surface area contributed by atoms with Crippen LogP contribution in [0.4, 0.5) is 0 Å². The molecule has 0 N–H and O–H groups in total. The van der Waals surface area contributed by atoms with E-state index in [1.807, 2.05) is 125 Å². The van der Waals surface area contributed by atoms with Gasteiger partial charge in [-0.15, -0.1) is 34.0 Å². The van der Waals surface area contributed by atoms with Crippen molar-refractivity contribution in [3.63, 3.8) is 0 Å². The van der Waals surface area contributed by atoms with E-state index in [-0.39, 0.29) is 0 Å². The Kier molecular flexibility index (Phi) is 18.9. The van der Waals surface area contributed by atoms with Gasteiger partial charge in [-0.25, -0.2) is 0 Å². The van der Waals surface area contributed by atoms with E-state index in [0.29, 0.717) is 0 Å². The van der Waals surface area contributed by atoms with Gasteiger partial charge in [0.25, 0.3) is 0 Å². The maximum absolute atomic E-state index is 5.74. The third kappa shape index (κ3) is 12.7. The van der Waals surface area contributed by atoms with Crippen molar-refractivity contribution in [2.45, 2.75) is 0 Å². The second-order valence-corrected chi connectivity index (χ2v) is 35.9. The zero-order valence-electron chi connectivity index (χ0n) is 59.0. The zero-order chi connectivity index (χ0) is 75.2. The fraction of sp³-hybridized carbons (Fsp3) is 0. The SMILES string of the molecule is Brc1cc2ccccc2c2c1sc1c3ccccc3c3ccccc3c12.Brc1cc2ccccc2c2c1sc1ccc3ccccc3c12.Brc1ccc2c(c1)oc1ccccc12.Brc1ccc2oc3ccccc3c2c1.Brc1ccc2sc3c4ccccc4c4ccccc4c3c2c1.Brc1cccc2c1oc1ccccc12. The quantitative estimate of drug-likeness (QED) is 0.142. The van der Waals surface area contributed by atoms with Crippen molar-refractivity contribution >= 4 is 331 Å². The van der Waals surface area contributed by atoms with E-state index in [1.54, 1.807) is 0 Å². The third-order valence-electron chi connectivity index (χ3n) is 20.9. The molecule has 0 bridgehead atoms. The molecule has 3 nitrogen and oxygen atoms in total. The predicted octanol–water partition coefficient (Wildman–Crippen LogP) is 35.6. The summed E-state index contributed by atoms with van der Waals surface area (Å²) in [7, 11) is 0. The van der Waals surface area contributed by atoms with Gasteiger partial charge in [0.15, 0.2) is 0 Å². The highest BCUT2D eigenvalue weighted by molar-refractivity contribution is 9.11. The molecule has 0 unspecified atom stereocenters. The van der Waals surface area contributed by atoms with Crippen molar-refractivity contribution in [3.05, 3.63) is 367 Å². The van der Waals surface area contributed by atoms with Gasteiger partial charge in [-0.3, -0.25) is 0 Å². The van der Waals surface area contributed by atoms with Crippen LogP contribution in [0.1, 0.15) is 0 Å². The summed E-state index contributed by atoms with van der Waals surface area (Å²) in [6.45, 7) is 0. The molecule has 0 amide bonds. The molecular weight excluding hydrogens is 1820 g/mol. The molecule has 0 saturated carbocycles. The average molecular weight is 1880 g/mol. The number of thiophene rings is 3. The highest BCUT2D eigenvalue weighted by atomic mass is 79.9. The minimum absolute atomic E-state index is 0.925. The molecule has 0 aliphatic rings. The van der Waals surface area contributed by atoms with Crippen LogP contribution in [0.2, 0.25) is 0 Å². The van der Waals surface area contributed by atoms with Gasteiger partial charge in [0.05, 0.1) is 13.9 Å². The Morgan fingerprint density at radius 2 is 0.545 bits per heavy atom. The molecule has 0 atom stereocenters. The molecule has 112 heavy (non-hydrogen) atoms. The molecule has 0 aliphatic heterocycles. The zero-order valence-corrected chi connectivity index (χ0v) is 71.0. The Bertz CT molecular complexity index is 8070. The molecule has 0 spiro atoms. The summed E-state index contributed by atoms with van der Waals surface area (Å²) in [6.07, 6.45) is 0. The van der Waals surface area contributed by atoms with Crippen LogP contribution < -0.4 is 0 Å². The van der Waals surface area contributed by atoms with Crippen LogP contribution in [0.5, 0.6) is 0 Å². The smallest absolute Gasteiger partial charge is 0.149 e. The Hall–Kier alpha value is -10.1. The monoisotopic (exact) mass is 1870 g/mol. The number of hydrogen-bond acceptors (Lipinski definition) is 6. The first-order chi connectivity index (χ1) is 55.0. The van der Waals surface area contributed by atoms with Crippen LogP contribution in [0, 0.1) is 0 Å². The van der Waals surface area contributed by atoms with Gasteiger partial charge >= 0.3 is 0 Å². The minimum atomic E-state index is 0.925. The molecule has 0 aliphatic carbocycles. The average Bonchev–Trinajstić information content (AvgIpc) is 1.53. The van der Waals surface area contributed by atoms with E-state index < -0.39 is 0 Å². The van der Waals surface area contributed by atoms with Gasteiger partial charge in [-0.2, -0.15) is 0 Å². The van der Waals surface area contributed by atoms with E-state index >= 15 is 0 Å². The molecule has 0 saturated heterocycles. The first-order valence-electron chi connectivity index (χ1n) is 36.4. The molecule has 0 fully saturated rings. The van der Waals surface area contributed by atoms with Crippen LogP contribution in [-0.2, 0) is 0 Å². The molecule has 0 radical (unpaired) electrons. The maximum atomic E-state index is 5.74. The molecule has 25 rings (SSSR count). The topological polar surface area (TPSA) is 39.4 Å². The summed E-state index contributed by atoms with van der Waals surface area (Å²) < 4.78 is 31.9. The van der Waals surface area contributed by atoms with Crippen molar-refractivity contribution in [1.29, 1.82) is 0 Å². The first-order valence-corrected chi connectivity index (χ1v) is 43.6. The van der Waals surface area contributed by atoms with Crippen LogP contribution in [0.3, 0.4) is 0 Å². The van der Waals surface area contributed by atoms with E-state index in [1.165, 1.54) is 166 Å². The van der Waals surface area contributed by atoms with Crippen molar-refractivity contribution in [3.8, 4) is 0 Å². The number of fused-ring (bicyclic) bond motifs is 34. The summed E-state index contributed by atoms with van der Waals surface area (Å²) in [5.74, 6) is 0. The highest BCUT2D eigenvalue weighted by Gasteiger charge is 2.20. The maximum Gasteiger partial charge on any atom is 0.149 e. The number of halogens is 6. The van der Waals surface area contributed by atoms with E-state index in [4.69, 9.17) is 13.3 Å². The predicted molar refractivity (Wildman–Crippen MR) is 508 cm³/mol. The second-order valence-electron chi connectivity index (χ2n) is 27.5. The fourth-order valence-corrected chi connectivity index (χ4v) is 22.6. The van der Waals surface area contributed by atoms with Gasteiger partial charge in [0.2, 0.25) is 0 Å². The number of furan rings is 3. The standard InChI is InChI=1S/C24H13BrS.2C20H11BrS.3C12H7BrO/c25-20-13-14-7-1-2-8-15(14)21-22-18-11-5-3-9-16(18)17-10-4-6-12-19(17)23(22)26-24(20)21;21-12-9-10-18-17(11-12)19-15-7-3-1-5-13(15)14-6-2-4-8-16(14)20(19)22-18;21-16-11-13-6-2-4-8-15(13)19-18-14-7-3-1-5-12(14)9-10-17(18)22-20(16)19;13-10-6-3-5-9-8-4-1-2-7-11(8)14-12(9)10;13-8-5-6-12-10(7-8)9-3-1-2-4-11(9)14-12;13-8-5-6-10-9-3-1-2-4-11(9)14-12(10)7-8/h1-13H;2*1-11H;3*1-7H. The molecule has 534 valence electrons. The number of para-hydroxylation sites is 4.